The van der Waals surface area contributed by atoms with Gasteiger partial charge in [0.05, 0.1) is 6.54 Å². The Kier molecular flexibility index (Phi) is 4.18. The summed E-state index contributed by atoms with van der Waals surface area (Å²) in [5.41, 5.74) is 1.30. The smallest absolute Gasteiger partial charge is 0.149 e. The highest BCUT2D eigenvalue weighted by molar-refractivity contribution is 8.23. The van der Waals surface area contributed by atoms with Gasteiger partial charge in [-0.3, -0.25) is 4.79 Å². The number of hydrogen-bond donors (Lipinski definition) is 0. The Hall–Kier alpha value is -0.870. The van der Waals surface area contributed by atoms with E-state index in [1.807, 2.05) is 18.2 Å². The third-order valence-corrected chi connectivity index (χ3v) is 4.40. The van der Waals surface area contributed by atoms with Crippen LogP contribution in [0.4, 0.5) is 0 Å². The number of carbonyl (C=O) groups is 1. The first-order valence-corrected chi connectivity index (χ1v) is 7.03. The van der Waals surface area contributed by atoms with Crippen LogP contribution in [0.25, 0.3) is 0 Å². The summed E-state index contributed by atoms with van der Waals surface area (Å²) >= 11 is 6.97. The van der Waals surface area contributed by atoms with Crippen LogP contribution in [-0.4, -0.2) is 33.3 Å². The molecule has 2 rings (SSSR count). The van der Waals surface area contributed by atoms with E-state index in [1.54, 1.807) is 18.7 Å². The average molecular weight is 265 g/mol. The molecule has 0 saturated carbocycles. The average Bonchev–Trinajstić information content (AvgIpc) is 2.62. The van der Waals surface area contributed by atoms with Crippen molar-refractivity contribution in [1.82, 2.24) is 4.90 Å². The van der Waals surface area contributed by atoms with Gasteiger partial charge >= 0.3 is 0 Å². The van der Waals surface area contributed by atoms with Crippen molar-refractivity contribution >= 4 is 34.1 Å². The van der Waals surface area contributed by atoms with Gasteiger partial charge in [0.15, 0.2) is 0 Å². The zero-order valence-corrected chi connectivity index (χ0v) is 11.4. The van der Waals surface area contributed by atoms with E-state index >= 15 is 0 Å². The van der Waals surface area contributed by atoms with Gasteiger partial charge < -0.3 is 4.90 Å². The molecule has 90 valence electrons. The maximum absolute atomic E-state index is 11.2. The number of nitrogens with zero attached hydrogens (tertiary/aromatic N) is 1. The number of hydrogen-bond acceptors (Lipinski definition) is 3. The predicted molar refractivity (Wildman–Crippen MR) is 76.4 cm³/mol. The van der Waals surface area contributed by atoms with E-state index in [9.17, 15) is 4.79 Å². The SMILES string of the molecule is CC(=O)CN1C(=S)SC[C@@H]1Cc1ccccc1. The summed E-state index contributed by atoms with van der Waals surface area (Å²) in [5.74, 6) is 1.16. The molecule has 1 aromatic rings. The number of rotatable bonds is 4. The molecule has 1 aliphatic heterocycles. The second-order valence-corrected chi connectivity index (χ2v) is 5.90. The van der Waals surface area contributed by atoms with Crippen molar-refractivity contribution in [3.63, 3.8) is 0 Å². The lowest BCUT2D eigenvalue weighted by Crippen LogP contribution is -2.38. The number of ketones is 1. The highest BCUT2D eigenvalue weighted by atomic mass is 32.2. The Morgan fingerprint density at radius 3 is 2.82 bits per heavy atom. The fraction of sp³-hybridized carbons (Fsp3) is 0.385. The van der Waals surface area contributed by atoms with Crippen molar-refractivity contribution in [3.8, 4) is 0 Å². The third kappa shape index (κ3) is 3.30. The van der Waals surface area contributed by atoms with E-state index in [4.69, 9.17) is 12.2 Å². The molecule has 0 aliphatic carbocycles. The number of benzene rings is 1. The molecule has 1 heterocycles. The van der Waals surface area contributed by atoms with Crippen LogP contribution in [-0.2, 0) is 11.2 Å². The van der Waals surface area contributed by atoms with Crippen LogP contribution in [0, 0.1) is 0 Å². The van der Waals surface area contributed by atoms with Crippen molar-refractivity contribution < 1.29 is 4.79 Å². The van der Waals surface area contributed by atoms with Gasteiger partial charge in [0.25, 0.3) is 0 Å². The minimum absolute atomic E-state index is 0.174. The summed E-state index contributed by atoms with van der Waals surface area (Å²) in [7, 11) is 0. The van der Waals surface area contributed by atoms with Crippen molar-refractivity contribution in [1.29, 1.82) is 0 Å². The molecule has 0 bridgehead atoms. The third-order valence-electron chi connectivity index (χ3n) is 2.78. The lowest BCUT2D eigenvalue weighted by Gasteiger charge is -2.24. The molecule has 0 aromatic heterocycles. The minimum Gasteiger partial charge on any atom is -0.346 e. The molecule has 1 aromatic carbocycles. The van der Waals surface area contributed by atoms with Crippen LogP contribution < -0.4 is 0 Å². The highest BCUT2D eigenvalue weighted by Crippen LogP contribution is 2.26. The van der Waals surface area contributed by atoms with Crippen LogP contribution >= 0.6 is 24.0 Å². The zero-order chi connectivity index (χ0) is 12.3. The first-order chi connectivity index (χ1) is 8.16. The molecule has 1 fully saturated rings. The maximum atomic E-state index is 11.2. The summed E-state index contributed by atoms with van der Waals surface area (Å²) < 4.78 is 0.862. The summed E-state index contributed by atoms with van der Waals surface area (Å²) in [4.78, 5) is 13.3. The molecule has 4 heteroatoms. The second kappa shape index (κ2) is 5.65. The molecule has 2 nitrogen and oxygen atoms in total. The van der Waals surface area contributed by atoms with E-state index in [-0.39, 0.29) is 5.78 Å². The van der Waals surface area contributed by atoms with E-state index in [0.717, 1.165) is 16.5 Å². The molecule has 0 N–H and O–H groups in total. The molecule has 17 heavy (non-hydrogen) atoms. The van der Waals surface area contributed by atoms with Crippen molar-refractivity contribution in [2.24, 2.45) is 0 Å². The molecule has 1 atom stereocenters. The Labute approximate surface area is 111 Å². The normalized spacial score (nSPS) is 19.7. The Balaban J connectivity index is 2.05. The fourth-order valence-electron chi connectivity index (χ4n) is 1.98. The van der Waals surface area contributed by atoms with Gasteiger partial charge in [-0.05, 0) is 18.9 Å². The Bertz CT molecular complexity index is 419. The fourth-order valence-corrected chi connectivity index (χ4v) is 3.41. The first-order valence-electron chi connectivity index (χ1n) is 5.63. The molecule has 1 aliphatic rings. The Morgan fingerprint density at radius 2 is 2.18 bits per heavy atom. The number of thiocarbonyl (C=S) groups is 1. The summed E-state index contributed by atoms with van der Waals surface area (Å²) in [6.07, 6.45) is 0.960. The minimum atomic E-state index is 0.174. The quantitative estimate of drug-likeness (QED) is 0.779. The van der Waals surface area contributed by atoms with Crippen molar-refractivity contribution in [2.75, 3.05) is 12.3 Å². The topological polar surface area (TPSA) is 20.3 Å². The van der Waals surface area contributed by atoms with Gasteiger partial charge in [-0.25, -0.2) is 0 Å². The molecular formula is C13H15NOS2. The van der Waals surface area contributed by atoms with Crippen molar-refractivity contribution in [2.45, 2.75) is 19.4 Å². The molecular weight excluding hydrogens is 250 g/mol. The summed E-state index contributed by atoms with van der Waals surface area (Å²) in [5, 5.41) is 0. The molecule has 0 unspecified atom stereocenters. The number of Topliss-reactive ketones (excluding diaryl/α,β-unsaturated/α-hetero) is 1. The van der Waals surface area contributed by atoms with E-state index in [2.05, 4.69) is 17.0 Å². The molecule has 0 amide bonds. The largest absolute Gasteiger partial charge is 0.346 e. The van der Waals surface area contributed by atoms with Gasteiger partial charge in [-0.2, -0.15) is 0 Å². The summed E-state index contributed by atoms with van der Waals surface area (Å²) in [6.45, 7) is 2.06. The van der Waals surface area contributed by atoms with Crippen LogP contribution in [0.2, 0.25) is 0 Å². The molecule has 1 saturated heterocycles. The number of carbonyl (C=O) groups excluding carboxylic acids is 1. The van der Waals surface area contributed by atoms with E-state index in [1.165, 1.54) is 5.56 Å². The molecule has 0 spiro atoms. The first kappa shape index (κ1) is 12.6. The zero-order valence-electron chi connectivity index (χ0n) is 9.76. The van der Waals surface area contributed by atoms with Gasteiger partial charge in [-0.1, -0.05) is 54.3 Å². The number of thioether (sulfide) groups is 1. The van der Waals surface area contributed by atoms with Crippen LogP contribution in [0.1, 0.15) is 12.5 Å². The van der Waals surface area contributed by atoms with Crippen molar-refractivity contribution in [3.05, 3.63) is 35.9 Å². The van der Waals surface area contributed by atoms with Gasteiger partial charge in [0.1, 0.15) is 10.1 Å². The molecule has 0 radical (unpaired) electrons. The highest BCUT2D eigenvalue weighted by Gasteiger charge is 2.29. The standard InChI is InChI=1S/C13H15NOS2/c1-10(15)8-14-12(9-17-13(14)16)7-11-5-3-2-4-6-11/h2-6,12H,7-9H2,1H3/t12-/m0/s1. The van der Waals surface area contributed by atoms with Crippen LogP contribution in [0.15, 0.2) is 30.3 Å². The van der Waals surface area contributed by atoms with Gasteiger partial charge in [0, 0.05) is 11.8 Å². The van der Waals surface area contributed by atoms with E-state index in [0.29, 0.717) is 12.6 Å². The second-order valence-electron chi connectivity index (χ2n) is 4.25. The van der Waals surface area contributed by atoms with Crippen LogP contribution in [0.3, 0.4) is 0 Å². The lowest BCUT2D eigenvalue weighted by molar-refractivity contribution is -0.117. The van der Waals surface area contributed by atoms with Crippen LogP contribution in [0.5, 0.6) is 0 Å². The van der Waals surface area contributed by atoms with Gasteiger partial charge in [0.2, 0.25) is 0 Å². The van der Waals surface area contributed by atoms with E-state index < -0.39 is 0 Å². The Morgan fingerprint density at radius 1 is 1.47 bits per heavy atom. The predicted octanol–water partition coefficient (Wildman–Crippen LogP) is 2.52. The summed E-state index contributed by atoms with van der Waals surface area (Å²) in [6, 6.07) is 10.7. The maximum Gasteiger partial charge on any atom is 0.149 e. The monoisotopic (exact) mass is 265 g/mol. The lowest BCUT2D eigenvalue weighted by atomic mass is 10.1. The van der Waals surface area contributed by atoms with Gasteiger partial charge in [-0.15, -0.1) is 0 Å².